The second-order valence-electron chi connectivity index (χ2n) is 1.02. The summed E-state index contributed by atoms with van der Waals surface area (Å²) in [6.07, 6.45) is 0. The van der Waals surface area contributed by atoms with Gasteiger partial charge in [-0.1, -0.05) is 31.9 Å². The predicted octanol–water partition coefficient (Wildman–Crippen LogP) is 1.72. The summed E-state index contributed by atoms with van der Waals surface area (Å²) in [5.74, 6) is 0. The van der Waals surface area contributed by atoms with Crippen LogP contribution in [0.15, 0.2) is 0 Å². The lowest BCUT2D eigenvalue weighted by Crippen LogP contribution is -1.99. The summed E-state index contributed by atoms with van der Waals surface area (Å²) in [6.45, 7) is 1.21. The van der Waals surface area contributed by atoms with Gasteiger partial charge in [0.25, 0.3) is 0 Å². The first-order valence-corrected chi connectivity index (χ1v) is 4.52. The Labute approximate surface area is 65.7 Å². The summed E-state index contributed by atoms with van der Waals surface area (Å²) in [7, 11) is 0. The standard InChI is InChI=1S/C4H8Br2O2/c5-1-3-7-8-4-2-6/h1-4H2. The Morgan fingerprint density at radius 2 is 1.25 bits per heavy atom. The Morgan fingerprint density at radius 3 is 1.50 bits per heavy atom. The summed E-state index contributed by atoms with van der Waals surface area (Å²) in [6, 6.07) is 0. The Hall–Kier alpha value is 0.880. The molecule has 0 aliphatic rings. The van der Waals surface area contributed by atoms with E-state index in [1.807, 2.05) is 0 Å². The molecular weight excluding hydrogens is 240 g/mol. The van der Waals surface area contributed by atoms with Gasteiger partial charge in [-0.05, 0) is 0 Å². The molecule has 0 heterocycles. The number of rotatable bonds is 5. The minimum atomic E-state index is 0.604. The number of halogens is 2. The molecule has 0 atom stereocenters. The van der Waals surface area contributed by atoms with Crippen molar-refractivity contribution >= 4 is 31.9 Å². The smallest absolute Gasteiger partial charge is 0.0919 e. The van der Waals surface area contributed by atoms with E-state index in [0.717, 1.165) is 10.7 Å². The van der Waals surface area contributed by atoms with Crippen LogP contribution in [0.2, 0.25) is 0 Å². The monoisotopic (exact) mass is 246 g/mol. The van der Waals surface area contributed by atoms with Crippen LogP contribution in [0, 0.1) is 0 Å². The molecule has 0 unspecified atom stereocenters. The molecule has 0 fully saturated rings. The van der Waals surface area contributed by atoms with Gasteiger partial charge in [0, 0.05) is 10.7 Å². The molecule has 0 bridgehead atoms. The molecule has 0 aliphatic heterocycles. The molecule has 2 nitrogen and oxygen atoms in total. The van der Waals surface area contributed by atoms with E-state index in [0.29, 0.717) is 13.2 Å². The first-order chi connectivity index (χ1) is 3.91. The van der Waals surface area contributed by atoms with E-state index >= 15 is 0 Å². The van der Waals surface area contributed by atoms with Gasteiger partial charge in [-0.3, -0.25) is 0 Å². The molecule has 4 heteroatoms. The van der Waals surface area contributed by atoms with Crippen LogP contribution < -0.4 is 0 Å². The van der Waals surface area contributed by atoms with Crippen LogP contribution in [0.1, 0.15) is 0 Å². The van der Waals surface area contributed by atoms with Crippen molar-refractivity contribution in [3.05, 3.63) is 0 Å². The van der Waals surface area contributed by atoms with Gasteiger partial charge in [0.2, 0.25) is 0 Å². The van der Waals surface area contributed by atoms with E-state index < -0.39 is 0 Å². The molecule has 0 saturated heterocycles. The van der Waals surface area contributed by atoms with Crippen LogP contribution in [-0.4, -0.2) is 23.9 Å². The highest BCUT2D eigenvalue weighted by molar-refractivity contribution is 9.09. The Bertz CT molecular complexity index is 37.0. The maximum atomic E-state index is 4.65. The van der Waals surface area contributed by atoms with Crippen molar-refractivity contribution in [1.82, 2.24) is 0 Å². The van der Waals surface area contributed by atoms with E-state index in [2.05, 4.69) is 41.6 Å². The van der Waals surface area contributed by atoms with Gasteiger partial charge in [-0.15, -0.1) is 0 Å². The van der Waals surface area contributed by atoms with Crippen molar-refractivity contribution in [1.29, 1.82) is 0 Å². The van der Waals surface area contributed by atoms with Crippen molar-refractivity contribution in [2.45, 2.75) is 0 Å². The molecule has 50 valence electrons. The largest absolute Gasteiger partial charge is 0.236 e. The van der Waals surface area contributed by atoms with E-state index in [4.69, 9.17) is 0 Å². The summed E-state index contributed by atoms with van der Waals surface area (Å²) in [4.78, 5) is 9.29. The second-order valence-corrected chi connectivity index (χ2v) is 2.61. The molecule has 0 aromatic rings. The van der Waals surface area contributed by atoms with Gasteiger partial charge in [-0.25, -0.2) is 9.78 Å². The number of alkyl halides is 2. The van der Waals surface area contributed by atoms with Crippen molar-refractivity contribution in [3.63, 3.8) is 0 Å². The molecular formula is C4H8Br2O2. The van der Waals surface area contributed by atoms with Crippen molar-refractivity contribution in [3.8, 4) is 0 Å². The van der Waals surface area contributed by atoms with Crippen LogP contribution in [0.3, 0.4) is 0 Å². The molecule has 0 amide bonds. The maximum absolute atomic E-state index is 4.65. The fraction of sp³-hybridized carbons (Fsp3) is 1.00. The zero-order chi connectivity index (χ0) is 6.24. The molecule has 0 aromatic carbocycles. The van der Waals surface area contributed by atoms with Gasteiger partial charge >= 0.3 is 0 Å². The lowest BCUT2D eigenvalue weighted by atomic mass is 10.9. The van der Waals surface area contributed by atoms with E-state index in [-0.39, 0.29) is 0 Å². The first-order valence-electron chi connectivity index (χ1n) is 2.28. The molecule has 0 radical (unpaired) electrons. The number of hydrogen-bond donors (Lipinski definition) is 0. The lowest BCUT2D eigenvalue weighted by molar-refractivity contribution is -0.285. The van der Waals surface area contributed by atoms with Crippen LogP contribution in [0.25, 0.3) is 0 Å². The van der Waals surface area contributed by atoms with Crippen molar-refractivity contribution in [2.24, 2.45) is 0 Å². The molecule has 0 saturated carbocycles. The molecule has 0 aliphatic carbocycles. The van der Waals surface area contributed by atoms with Crippen molar-refractivity contribution < 1.29 is 9.78 Å². The lowest BCUT2D eigenvalue weighted by Gasteiger charge is -1.96. The van der Waals surface area contributed by atoms with Gasteiger partial charge in [0.15, 0.2) is 0 Å². The minimum Gasteiger partial charge on any atom is -0.236 e. The normalized spacial score (nSPS) is 9.75. The van der Waals surface area contributed by atoms with Crippen molar-refractivity contribution in [2.75, 3.05) is 23.9 Å². The van der Waals surface area contributed by atoms with Gasteiger partial charge in [0.1, 0.15) is 0 Å². The topological polar surface area (TPSA) is 18.5 Å². The fourth-order valence-corrected chi connectivity index (χ4v) is 0.445. The zero-order valence-electron chi connectivity index (χ0n) is 4.40. The fourth-order valence-electron chi connectivity index (χ4n) is 0.181. The first kappa shape index (κ1) is 8.88. The highest BCUT2D eigenvalue weighted by atomic mass is 79.9. The molecule has 0 spiro atoms. The zero-order valence-corrected chi connectivity index (χ0v) is 7.57. The van der Waals surface area contributed by atoms with E-state index in [1.165, 1.54) is 0 Å². The molecule has 8 heavy (non-hydrogen) atoms. The second kappa shape index (κ2) is 7.88. The molecule has 0 N–H and O–H groups in total. The summed E-state index contributed by atoms with van der Waals surface area (Å²) in [5.41, 5.74) is 0. The Morgan fingerprint density at radius 1 is 0.875 bits per heavy atom. The molecule has 0 aromatic heterocycles. The highest BCUT2D eigenvalue weighted by Crippen LogP contribution is 1.85. The average molecular weight is 248 g/mol. The van der Waals surface area contributed by atoms with Crippen LogP contribution in [0.4, 0.5) is 0 Å². The Balaban J connectivity index is 2.53. The van der Waals surface area contributed by atoms with E-state index in [1.54, 1.807) is 0 Å². The average Bonchev–Trinajstić information content (AvgIpc) is 1.81. The Kier molecular flexibility index (Phi) is 8.75. The third-order valence-electron chi connectivity index (χ3n) is 0.404. The van der Waals surface area contributed by atoms with Gasteiger partial charge in [0.05, 0.1) is 13.2 Å². The van der Waals surface area contributed by atoms with E-state index in [9.17, 15) is 0 Å². The van der Waals surface area contributed by atoms with Gasteiger partial charge in [-0.2, -0.15) is 0 Å². The third kappa shape index (κ3) is 6.88. The third-order valence-corrected chi connectivity index (χ3v) is 1.05. The summed E-state index contributed by atoms with van der Waals surface area (Å²) in [5, 5.41) is 1.63. The number of hydrogen-bond acceptors (Lipinski definition) is 2. The highest BCUT2D eigenvalue weighted by Gasteiger charge is 1.83. The predicted molar refractivity (Wildman–Crippen MR) is 39.5 cm³/mol. The van der Waals surface area contributed by atoms with Crippen LogP contribution in [-0.2, 0) is 9.78 Å². The van der Waals surface area contributed by atoms with Crippen LogP contribution in [0.5, 0.6) is 0 Å². The summed E-state index contributed by atoms with van der Waals surface area (Å²) < 4.78 is 0. The summed E-state index contributed by atoms with van der Waals surface area (Å²) >= 11 is 6.37. The maximum Gasteiger partial charge on any atom is 0.0919 e. The quantitative estimate of drug-likeness (QED) is 0.319. The molecule has 0 rings (SSSR count). The van der Waals surface area contributed by atoms with Crippen LogP contribution >= 0.6 is 31.9 Å². The minimum absolute atomic E-state index is 0.604. The van der Waals surface area contributed by atoms with Gasteiger partial charge < -0.3 is 0 Å². The SMILES string of the molecule is BrCCOOCCBr.